The summed E-state index contributed by atoms with van der Waals surface area (Å²) in [4.78, 5) is 25.0. The topological polar surface area (TPSA) is 124 Å². The zero-order chi connectivity index (χ0) is 31.5. The summed E-state index contributed by atoms with van der Waals surface area (Å²) < 4.78 is 114. The number of nitrogens with two attached hydrogens (primary N) is 1. The van der Waals surface area contributed by atoms with Gasteiger partial charge in [-0.15, -0.1) is 0 Å². The average Bonchev–Trinajstić information content (AvgIpc) is 3.43. The Labute approximate surface area is 237 Å². The normalized spacial score (nSPS) is 17.0. The molecular weight excluding hydrogens is 592 g/mol. The van der Waals surface area contributed by atoms with Crippen molar-refractivity contribution in [2.45, 2.75) is 37.5 Å². The van der Waals surface area contributed by atoms with Gasteiger partial charge in [0.05, 0.1) is 28.7 Å². The predicted molar refractivity (Wildman–Crippen MR) is 138 cm³/mol. The maximum Gasteiger partial charge on any atom is 0.407 e. The summed E-state index contributed by atoms with van der Waals surface area (Å²) >= 11 is 0. The molecule has 0 bridgehead atoms. The fourth-order valence-corrected chi connectivity index (χ4v) is 4.53. The van der Waals surface area contributed by atoms with Crippen LogP contribution in [0.4, 0.5) is 46.8 Å². The number of amides is 1. The first-order valence-electron chi connectivity index (χ1n) is 12.6. The lowest BCUT2D eigenvalue weighted by atomic mass is 9.83. The van der Waals surface area contributed by atoms with E-state index >= 15 is 0 Å². The van der Waals surface area contributed by atoms with Gasteiger partial charge in [-0.1, -0.05) is 12.1 Å². The van der Waals surface area contributed by atoms with Crippen LogP contribution < -0.4 is 16.4 Å². The van der Waals surface area contributed by atoms with Gasteiger partial charge in [0, 0.05) is 12.1 Å². The van der Waals surface area contributed by atoms with Crippen molar-refractivity contribution in [3.8, 4) is 11.5 Å². The molecule has 4 aromatic rings. The van der Waals surface area contributed by atoms with Gasteiger partial charge in [0.2, 0.25) is 5.91 Å². The quantitative estimate of drug-likeness (QED) is 0.250. The van der Waals surface area contributed by atoms with Crippen LogP contribution in [0, 0.1) is 24.4 Å². The smallest absolute Gasteiger partial charge is 0.368 e. The molecule has 1 aromatic carbocycles. The number of carbonyl (C=O) groups excluding carboxylic acids is 1. The summed E-state index contributed by atoms with van der Waals surface area (Å²) in [5.74, 6) is -6.31. The Kier molecular flexibility index (Phi) is 7.27. The van der Waals surface area contributed by atoms with E-state index in [0.717, 1.165) is 16.8 Å². The van der Waals surface area contributed by atoms with Crippen molar-refractivity contribution in [3.63, 3.8) is 0 Å². The predicted octanol–water partition coefficient (Wildman–Crippen LogP) is 4.48. The number of fused-ring (bicyclic) bond motifs is 2. The zero-order valence-electron chi connectivity index (χ0n) is 22.4. The van der Waals surface area contributed by atoms with Crippen molar-refractivity contribution >= 4 is 28.6 Å². The second-order valence-electron chi connectivity index (χ2n) is 10.3. The van der Waals surface area contributed by atoms with Gasteiger partial charge in [-0.25, -0.2) is 41.6 Å². The molecule has 1 aliphatic heterocycles. The number of hydrogen-bond donors (Lipinski definition) is 3. The summed E-state index contributed by atoms with van der Waals surface area (Å²) in [6, 6.07) is 4.43. The van der Waals surface area contributed by atoms with E-state index in [9.17, 15) is 39.9 Å². The van der Waals surface area contributed by atoms with Gasteiger partial charge in [0.25, 0.3) is 0 Å². The van der Waals surface area contributed by atoms with Crippen molar-refractivity contribution in [1.82, 2.24) is 24.7 Å². The lowest BCUT2D eigenvalue weighted by Crippen LogP contribution is -2.51. The Morgan fingerprint density at radius 3 is 2.42 bits per heavy atom. The summed E-state index contributed by atoms with van der Waals surface area (Å²) in [5.41, 5.74) is -0.959. The van der Waals surface area contributed by atoms with Crippen LogP contribution >= 0.6 is 0 Å². The maximum absolute atomic E-state index is 14.7. The highest BCUT2D eigenvalue weighted by Gasteiger charge is 2.64. The lowest BCUT2D eigenvalue weighted by Gasteiger charge is -2.28. The fourth-order valence-electron chi connectivity index (χ4n) is 4.53. The number of alkyl halides is 5. The Morgan fingerprint density at radius 2 is 1.77 bits per heavy atom. The minimum atomic E-state index is -5.16. The van der Waals surface area contributed by atoms with Gasteiger partial charge in [0.15, 0.2) is 28.5 Å². The van der Waals surface area contributed by atoms with Crippen LogP contribution in [0.15, 0.2) is 24.3 Å². The number of hydrogen-bond acceptors (Lipinski definition) is 7. The molecular formula is C26H22F8N8O. The highest BCUT2D eigenvalue weighted by atomic mass is 19.4. The monoisotopic (exact) mass is 614 g/mol. The van der Waals surface area contributed by atoms with Crippen LogP contribution in [-0.2, 0) is 16.8 Å². The maximum atomic E-state index is 14.7. The number of rotatable bonds is 8. The first-order valence-corrected chi connectivity index (χ1v) is 12.6. The second-order valence-corrected chi connectivity index (χ2v) is 10.3. The molecule has 4 heterocycles. The van der Waals surface area contributed by atoms with Gasteiger partial charge in [-0.2, -0.15) is 18.3 Å². The van der Waals surface area contributed by atoms with Crippen molar-refractivity contribution in [2.75, 3.05) is 30.5 Å². The largest absolute Gasteiger partial charge is 0.407 e. The van der Waals surface area contributed by atoms with Crippen LogP contribution in [0.25, 0.3) is 22.6 Å². The molecule has 0 spiro atoms. The van der Waals surface area contributed by atoms with Crippen molar-refractivity contribution < 1.29 is 39.9 Å². The molecule has 0 aliphatic carbocycles. The Hall–Kier alpha value is -4.41. The molecule has 228 valence electrons. The summed E-state index contributed by atoms with van der Waals surface area (Å²) in [7, 11) is 0. The molecule has 0 saturated carbocycles. The average molecular weight is 615 g/mol. The molecule has 17 heteroatoms. The molecule has 1 unspecified atom stereocenters. The van der Waals surface area contributed by atoms with Crippen LogP contribution in [-0.4, -0.2) is 62.2 Å². The molecule has 9 nitrogen and oxygen atoms in total. The van der Waals surface area contributed by atoms with E-state index in [-0.39, 0.29) is 28.0 Å². The van der Waals surface area contributed by atoms with E-state index in [1.165, 1.54) is 19.1 Å². The first kappa shape index (κ1) is 30.1. The summed E-state index contributed by atoms with van der Waals surface area (Å²) in [5, 5.41) is 8.69. The molecule has 43 heavy (non-hydrogen) atoms. The standard InChI is InChI=1S/C26H22F8N8O/c1-11-15(30)6-13-18(41-42(22(13)37-11)7-12-4-3-5-14(29)17(12)31)21-38-19(36-10-25(35,8-27)9-28)16-20(39-21)40-23(43)24(16,2)26(32,33)34/h3-6H,7-10,35H2,1-2H3,(H2,36,38,39,40,43). The zero-order valence-corrected chi connectivity index (χ0v) is 22.4. The molecule has 0 radical (unpaired) electrons. The van der Waals surface area contributed by atoms with E-state index in [0.29, 0.717) is 6.92 Å². The van der Waals surface area contributed by atoms with Gasteiger partial charge in [0.1, 0.15) is 36.5 Å². The Morgan fingerprint density at radius 1 is 1.07 bits per heavy atom. The first-order chi connectivity index (χ1) is 20.1. The van der Waals surface area contributed by atoms with Crippen LogP contribution in [0.1, 0.15) is 23.7 Å². The van der Waals surface area contributed by atoms with Gasteiger partial charge < -0.3 is 16.4 Å². The third-order valence-electron chi connectivity index (χ3n) is 7.22. The SMILES string of the molecule is Cc1nc2c(cc1F)c(-c1nc(NCC(N)(CF)CF)c3c(n1)NC(=O)C3(C)C(F)(F)F)nn2Cc1cccc(F)c1F. The van der Waals surface area contributed by atoms with E-state index in [1.54, 1.807) is 0 Å². The second kappa shape index (κ2) is 10.4. The van der Waals surface area contributed by atoms with Crippen molar-refractivity contribution in [1.29, 1.82) is 0 Å². The third-order valence-corrected chi connectivity index (χ3v) is 7.22. The van der Waals surface area contributed by atoms with E-state index in [2.05, 4.69) is 30.7 Å². The number of benzene rings is 1. The number of halogens is 8. The fraction of sp³-hybridized carbons (Fsp3) is 0.346. The molecule has 4 N–H and O–H groups in total. The van der Waals surface area contributed by atoms with Crippen molar-refractivity contribution in [2.24, 2.45) is 5.73 Å². The molecule has 1 amide bonds. The number of anilines is 2. The van der Waals surface area contributed by atoms with Gasteiger partial charge in [-0.05, 0) is 26.0 Å². The number of carbonyl (C=O) groups is 1. The van der Waals surface area contributed by atoms with Crippen LogP contribution in [0.2, 0.25) is 0 Å². The number of aromatic nitrogens is 5. The number of nitrogens with one attached hydrogen (secondary N) is 2. The highest BCUT2D eigenvalue weighted by molar-refractivity contribution is 6.07. The number of nitrogens with zero attached hydrogens (tertiary/aromatic N) is 5. The molecule has 1 atom stereocenters. The number of pyridine rings is 1. The summed E-state index contributed by atoms with van der Waals surface area (Å²) in [6.07, 6.45) is -5.16. The Bertz CT molecular complexity index is 1750. The molecule has 0 fully saturated rings. The van der Waals surface area contributed by atoms with E-state index in [4.69, 9.17) is 5.73 Å². The third kappa shape index (κ3) is 4.90. The minimum absolute atomic E-state index is 0.0313. The molecule has 1 aliphatic rings. The molecule has 3 aromatic heterocycles. The van der Waals surface area contributed by atoms with Crippen LogP contribution in [0.5, 0.6) is 0 Å². The summed E-state index contributed by atoms with van der Waals surface area (Å²) in [6.45, 7) is -2.00. The van der Waals surface area contributed by atoms with Crippen LogP contribution in [0.3, 0.4) is 0 Å². The van der Waals surface area contributed by atoms with Gasteiger partial charge in [-0.3, -0.25) is 4.79 Å². The Balaban J connectivity index is 1.73. The van der Waals surface area contributed by atoms with E-state index in [1.807, 2.05) is 0 Å². The van der Waals surface area contributed by atoms with Gasteiger partial charge >= 0.3 is 6.18 Å². The van der Waals surface area contributed by atoms with Crippen molar-refractivity contribution in [3.05, 3.63) is 58.5 Å². The van der Waals surface area contributed by atoms with E-state index < -0.39 is 90.0 Å². The highest BCUT2D eigenvalue weighted by Crippen LogP contribution is 2.51. The molecule has 0 saturated heterocycles. The lowest BCUT2D eigenvalue weighted by molar-refractivity contribution is -0.186. The molecule has 5 rings (SSSR count). The number of aryl methyl sites for hydroxylation is 1. The minimum Gasteiger partial charge on any atom is -0.368 e.